The number of phenols is 2. The van der Waals surface area contributed by atoms with Crippen LogP contribution in [0.5, 0.6) is 23.0 Å². The Hall–Kier alpha value is -3.75. The second-order valence-corrected chi connectivity index (χ2v) is 7.40. The average Bonchev–Trinajstić information content (AvgIpc) is 2.75. The molecule has 0 fully saturated rings. The molecule has 33 heavy (non-hydrogen) atoms. The highest BCUT2D eigenvalue weighted by molar-refractivity contribution is 6.36. The zero-order valence-electron chi connectivity index (χ0n) is 17.2. The highest BCUT2D eigenvalue weighted by Gasteiger charge is 2.16. The van der Waals surface area contributed by atoms with Gasteiger partial charge in [-0.3, -0.25) is 4.79 Å². The summed E-state index contributed by atoms with van der Waals surface area (Å²) in [5.41, 5.74) is 2.91. The monoisotopic (exact) mass is 488 g/mol. The summed E-state index contributed by atoms with van der Waals surface area (Å²) in [6.07, 6.45) is 1.35. The number of phenolic OH excluding ortho intramolecular Hbond substituents is 2. The topological polar surface area (TPSA) is 117 Å². The third kappa shape index (κ3) is 6.15. The number of benzene rings is 3. The van der Waals surface area contributed by atoms with E-state index in [0.717, 1.165) is 6.07 Å². The first-order chi connectivity index (χ1) is 15.8. The largest absolute Gasteiger partial charge is 0.508 e. The minimum absolute atomic E-state index is 0.0527. The molecular formula is C23H18Cl2N2O6. The number of nitrogens with zero attached hydrogens (tertiary/aromatic N) is 1. The van der Waals surface area contributed by atoms with Crippen LogP contribution in [0.2, 0.25) is 10.0 Å². The highest BCUT2D eigenvalue weighted by atomic mass is 35.5. The van der Waals surface area contributed by atoms with E-state index < -0.39 is 11.9 Å². The number of hydrazone groups is 1. The Morgan fingerprint density at radius 1 is 1.00 bits per heavy atom. The Bertz CT molecular complexity index is 1230. The van der Waals surface area contributed by atoms with Gasteiger partial charge in [0.05, 0.1) is 29.0 Å². The molecule has 8 nitrogen and oxygen atoms in total. The van der Waals surface area contributed by atoms with Crippen LogP contribution in [0.4, 0.5) is 0 Å². The first-order valence-electron chi connectivity index (χ1n) is 9.58. The van der Waals surface area contributed by atoms with Gasteiger partial charge in [-0.15, -0.1) is 0 Å². The molecule has 0 aliphatic rings. The van der Waals surface area contributed by atoms with E-state index in [1.807, 2.05) is 0 Å². The minimum Gasteiger partial charge on any atom is -0.508 e. The van der Waals surface area contributed by atoms with Crippen LogP contribution in [0.1, 0.15) is 33.2 Å². The van der Waals surface area contributed by atoms with Gasteiger partial charge in [0.15, 0.2) is 11.5 Å². The van der Waals surface area contributed by atoms with Gasteiger partial charge >= 0.3 is 5.97 Å². The molecule has 3 rings (SSSR count). The first kappa shape index (κ1) is 23.9. The van der Waals surface area contributed by atoms with Gasteiger partial charge in [0.25, 0.3) is 5.91 Å². The molecule has 10 heteroatoms. The summed E-state index contributed by atoms with van der Waals surface area (Å²) in [5.74, 6) is -1.45. The Balaban J connectivity index is 1.73. The van der Waals surface area contributed by atoms with E-state index in [4.69, 9.17) is 32.7 Å². The van der Waals surface area contributed by atoms with E-state index in [1.54, 1.807) is 19.1 Å². The molecule has 0 radical (unpaired) electrons. The number of hydrogen-bond acceptors (Lipinski definition) is 7. The van der Waals surface area contributed by atoms with Gasteiger partial charge in [-0.1, -0.05) is 23.2 Å². The Morgan fingerprint density at radius 3 is 2.45 bits per heavy atom. The highest BCUT2D eigenvalue weighted by Crippen LogP contribution is 2.30. The van der Waals surface area contributed by atoms with Crippen LogP contribution in [0.15, 0.2) is 59.7 Å². The summed E-state index contributed by atoms with van der Waals surface area (Å²) < 4.78 is 11.0. The summed E-state index contributed by atoms with van der Waals surface area (Å²) in [4.78, 5) is 24.6. The smallest absolute Gasteiger partial charge is 0.345 e. The molecule has 0 spiro atoms. The molecular weight excluding hydrogens is 471 g/mol. The van der Waals surface area contributed by atoms with Crippen molar-refractivity contribution in [3.05, 3.63) is 81.3 Å². The van der Waals surface area contributed by atoms with Crippen LogP contribution in [0.3, 0.4) is 0 Å². The number of carbonyl (C=O) groups excluding carboxylic acids is 2. The minimum atomic E-state index is -0.681. The molecule has 0 saturated carbocycles. The molecule has 0 aliphatic heterocycles. The standard InChI is InChI=1S/C23H18Cl2N2O6/c1-2-32-21-9-13(12-26-27-22(30)17-7-5-15(28)11-19(17)29)3-8-20(21)33-23(31)16-6-4-14(24)10-18(16)25/h3-12,28-29H,2H2,1H3,(H,27,30)/b26-12+. The van der Waals surface area contributed by atoms with Crippen LogP contribution in [-0.2, 0) is 0 Å². The van der Waals surface area contributed by atoms with Crippen LogP contribution >= 0.6 is 23.2 Å². The fourth-order valence-corrected chi connectivity index (χ4v) is 3.19. The Kier molecular flexibility index (Phi) is 7.76. The van der Waals surface area contributed by atoms with E-state index in [2.05, 4.69) is 10.5 Å². The third-order valence-electron chi connectivity index (χ3n) is 4.23. The number of esters is 1. The van der Waals surface area contributed by atoms with E-state index in [-0.39, 0.29) is 39.1 Å². The maximum absolute atomic E-state index is 12.5. The van der Waals surface area contributed by atoms with Crippen LogP contribution in [0, 0.1) is 0 Å². The predicted octanol–water partition coefficient (Wildman–Crippen LogP) is 4.79. The van der Waals surface area contributed by atoms with Crippen LogP contribution in [-0.4, -0.2) is 34.9 Å². The van der Waals surface area contributed by atoms with Gasteiger partial charge in [-0.2, -0.15) is 5.10 Å². The van der Waals surface area contributed by atoms with E-state index in [1.165, 1.54) is 42.6 Å². The molecule has 0 atom stereocenters. The third-order valence-corrected chi connectivity index (χ3v) is 4.77. The Morgan fingerprint density at radius 2 is 1.76 bits per heavy atom. The Labute approximate surface area is 199 Å². The molecule has 1 amide bonds. The number of carbonyl (C=O) groups is 2. The number of halogens is 2. The summed E-state index contributed by atoms with van der Waals surface area (Å²) in [6, 6.07) is 12.7. The molecule has 170 valence electrons. The van der Waals surface area contributed by atoms with E-state index >= 15 is 0 Å². The fraction of sp³-hybridized carbons (Fsp3) is 0.0870. The molecule has 0 unspecified atom stereocenters. The van der Waals surface area contributed by atoms with Crippen molar-refractivity contribution in [2.24, 2.45) is 5.10 Å². The number of hydrogen-bond donors (Lipinski definition) is 3. The number of aromatic hydroxyl groups is 2. The summed E-state index contributed by atoms with van der Waals surface area (Å²) in [5, 5.41) is 23.4. The normalized spacial score (nSPS) is 10.8. The van der Waals surface area contributed by atoms with Gasteiger partial charge in [-0.25, -0.2) is 10.2 Å². The van der Waals surface area contributed by atoms with Gasteiger partial charge in [-0.05, 0) is 61.0 Å². The lowest BCUT2D eigenvalue weighted by Gasteiger charge is -2.12. The predicted molar refractivity (Wildman–Crippen MR) is 124 cm³/mol. The SMILES string of the molecule is CCOc1cc(/C=N/NC(=O)c2ccc(O)cc2O)ccc1OC(=O)c1ccc(Cl)cc1Cl. The molecule has 0 saturated heterocycles. The number of ether oxygens (including phenoxy) is 2. The zero-order valence-corrected chi connectivity index (χ0v) is 18.7. The molecule has 0 aromatic heterocycles. The van der Waals surface area contributed by atoms with Gasteiger partial charge < -0.3 is 19.7 Å². The van der Waals surface area contributed by atoms with Crippen molar-refractivity contribution in [3.63, 3.8) is 0 Å². The van der Waals surface area contributed by atoms with Gasteiger partial charge in [0, 0.05) is 11.1 Å². The maximum atomic E-state index is 12.5. The summed E-state index contributed by atoms with van der Waals surface area (Å²) in [7, 11) is 0. The number of amides is 1. The average molecular weight is 489 g/mol. The van der Waals surface area contributed by atoms with E-state index in [0.29, 0.717) is 17.2 Å². The van der Waals surface area contributed by atoms with Crippen molar-refractivity contribution in [3.8, 4) is 23.0 Å². The van der Waals surface area contributed by atoms with Crippen molar-refractivity contribution in [1.82, 2.24) is 5.43 Å². The van der Waals surface area contributed by atoms with Gasteiger partial charge in [0.1, 0.15) is 11.5 Å². The van der Waals surface area contributed by atoms with Crippen molar-refractivity contribution < 1.29 is 29.3 Å². The van der Waals surface area contributed by atoms with E-state index in [9.17, 15) is 19.8 Å². The van der Waals surface area contributed by atoms with Crippen LogP contribution in [0.25, 0.3) is 0 Å². The summed E-state index contributed by atoms with van der Waals surface area (Å²) in [6.45, 7) is 2.08. The second-order valence-electron chi connectivity index (χ2n) is 6.55. The fourth-order valence-electron chi connectivity index (χ4n) is 2.71. The van der Waals surface area contributed by atoms with Crippen molar-refractivity contribution in [2.75, 3.05) is 6.61 Å². The molecule has 0 heterocycles. The maximum Gasteiger partial charge on any atom is 0.345 e. The molecule has 3 aromatic carbocycles. The van der Waals surface area contributed by atoms with Crippen molar-refractivity contribution in [1.29, 1.82) is 0 Å². The lowest BCUT2D eigenvalue weighted by molar-refractivity contribution is 0.0728. The van der Waals surface area contributed by atoms with Crippen molar-refractivity contribution in [2.45, 2.75) is 6.92 Å². The second kappa shape index (κ2) is 10.7. The lowest BCUT2D eigenvalue weighted by atomic mass is 10.2. The first-order valence-corrected chi connectivity index (χ1v) is 10.3. The summed E-state index contributed by atoms with van der Waals surface area (Å²) >= 11 is 11.9. The zero-order chi connectivity index (χ0) is 24.0. The quantitative estimate of drug-likeness (QED) is 0.190. The molecule has 0 bridgehead atoms. The van der Waals surface area contributed by atoms with Gasteiger partial charge in [0.2, 0.25) is 0 Å². The molecule has 0 aliphatic carbocycles. The van der Waals surface area contributed by atoms with Crippen LogP contribution < -0.4 is 14.9 Å². The van der Waals surface area contributed by atoms with Crippen molar-refractivity contribution >= 4 is 41.3 Å². The molecule has 3 aromatic rings. The number of rotatable bonds is 7. The molecule has 3 N–H and O–H groups in total. The number of nitrogens with one attached hydrogen (secondary N) is 1. The lowest BCUT2D eigenvalue weighted by Crippen LogP contribution is -2.17.